The quantitative estimate of drug-likeness (QED) is 0.158. The molecule has 9 heteroatoms. The van der Waals surface area contributed by atoms with Crippen LogP contribution in [-0.4, -0.2) is 106 Å². The van der Waals surface area contributed by atoms with Gasteiger partial charge in [0.25, 0.3) is 0 Å². The first-order valence-corrected chi connectivity index (χ1v) is 62.1. The normalized spacial score (nSPS) is 59.6. The van der Waals surface area contributed by atoms with E-state index < -0.39 is 0 Å². The van der Waals surface area contributed by atoms with E-state index in [-0.39, 0.29) is 54.9 Å². The Labute approximate surface area is 847 Å². The van der Waals surface area contributed by atoms with Crippen molar-refractivity contribution in [1.29, 1.82) is 0 Å². The fraction of sp³-hybridized carbons (Fsp3) is 1.00. The molecule has 0 radical (unpaired) electrons. The molecule has 0 amide bonds. The zero-order valence-corrected chi connectivity index (χ0v) is 93.8. The summed E-state index contributed by atoms with van der Waals surface area (Å²) in [6.45, 7) is 53.2. The lowest BCUT2D eigenvalue weighted by Crippen LogP contribution is -2.57. The molecular formula is C129H220O9. The summed E-state index contributed by atoms with van der Waals surface area (Å²) in [5.41, 5.74) is 6.54. The zero-order valence-electron chi connectivity index (χ0n) is 93.8. The summed E-state index contributed by atoms with van der Waals surface area (Å²) in [4.78, 5) is 0. The molecule has 0 aromatic heterocycles. The van der Waals surface area contributed by atoms with Gasteiger partial charge in [-0.25, -0.2) is 0 Å². The van der Waals surface area contributed by atoms with E-state index in [9.17, 15) is 30.6 Å². The van der Waals surface area contributed by atoms with E-state index in [4.69, 9.17) is 14.2 Å². The lowest BCUT2D eigenvalue weighted by molar-refractivity contribution is -0.174. The summed E-state index contributed by atoms with van der Waals surface area (Å²) < 4.78 is 17.6. The minimum Gasteiger partial charge on any atom is -0.393 e. The molecule has 138 heavy (non-hydrogen) atoms. The third-order valence-electron chi connectivity index (χ3n) is 57.7. The predicted molar refractivity (Wildman–Crippen MR) is 565 cm³/mol. The lowest BCUT2D eigenvalue weighted by Gasteiger charge is -2.62. The van der Waals surface area contributed by atoms with Crippen LogP contribution in [0.4, 0.5) is 0 Å². The first-order valence-electron chi connectivity index (χ1n) is 62.1. The zero-order chi connectivity index (χ0) is 98.0. The lowest BCUT2D eigenvalue weighted by atomic mass is 9.44. The Kier molecular flexibility index (Phi) is 29.4. The van der Waals surface area contributed by atoms with Crippen LogP contribution in [0.1, 0.15) is 473 Å². The summed E-state index contributed by atoms with van der Waals surface area (Å²) >= 11 is 0. The second kappa shape index (κ2) is 38.8. The summed E-state index contributed by atoms with van der Waals surface area (Å²) in [6.07, 6.45) is 68.8. The minimum absolute atomic E-state index is 0.0185. The maximum atomic E-state index is 10.7. The fourth-order valence-corrected chi connectivity index (χ4v) is 47.4. The highest BCUT2D eigenvalue weighted by Gasteiger charge is 2.69. The average molecular weight is 1920 g/mol. The highest BCUT2D eigenvalue weighted by atomic mass is 16.5. The molecule has 790 valence electrons. The van der Waals surface area contributed by atoms with Crippen molar-refractivity contribution in [2.24, 2.45) is 260 Å². The van der Waals surface area contributed by atoms with Crippen molar-refractivity contribution < 1.29 is 44.8 Å². The predicted octanol–water partition coefficient (Wildman–Crippen LogP) is 30.7. The smallest absolute Gasteiger partial charge is 0.0843 e. The maximum Gasteiger partial charge on any atom is 0.0843 e. The molecular weight excluding hydrogens is 1690 g/mol. The van der Waals surface area contributed by atoms with Crippen LogP contribution in [0.25, 0.3) is 0 Å². The monoisotopic (exact) mass is 1910 g/mol. The van der Waals surface area contributed by atoms with E-state index in [0.29, 0.717) is 101 Å². The second-order valence-electron chi connectivity index (χ2n) is 61.7. The molecule has 25 aliphatic rings. The number of aliphatic hydroxyl groups is 6. The summed E-state index contributed by atoms with van der Waals surface area (Å²) in [7, 11) is 3.57. The molecule has 0 aromatic rings. The van der Waals surface area contributed by atoms with Gasteiger partial charge in [0.2, 0.25) is 0 Å². The number of hydrogen-bond donors (Lipinski definition) is 6. The molecule has 54 atom stereocenters. The van der Waals surface area contributed by atoms with Crippen LogP contribution < -0.4 is 0 Å². The Bertz CT molecular complexity index is 3840. The van der Waals surface area contributed by atoms with Crippen molar-refractivity contribution >= 4 is 0 Å². The highest BCUT2D eigenvalue weighted by molar-refractivity contribution is 5.19. The Morgan fingerprint density at radius 1 is 0.210 bits per heavy atom. The Balaban J connectivity index is 0.000000102. The number of fused-ring (bicyclic) bond motifs is 30. The van der Waals surface area contributed by atoms with Crippen LogP contribution in [0, 0.1) is 260 Å². The van der Waals surface area contributed by atoms with E-state index in [1.165, 1.54) is 270 Å². The van der Waals surface area contributed by atoms with Crippen molar-refractivity contribution in [3.63, 3.8) is 0 Å². The molecule has 25 fully saturated rings. The van der Waals surface area contributed by atoms with Gasteiger partial charge in [0.1, 0.15) is 0 Å². The van der Waals surface area contributed by atoms with Gasteiger partial charge in [-0.2, -0.15) is 0 Å². The van der Waals surface area contributed by atoms with Gasteiger partial charge < -0.3 is 44.8 Å². The van der Waals surface area contributed by atoms with Gasteiger partial charge >= 0.3 is 0 Å². The van der Waals surface area contributed by atoms with E-state index in [2.05, 4.69) is 145 Å². The minimum atomic E-state index is -0.241. The Hall–Kier alpha value is -0.360. The van der Waals surface area contributed by atoms with Crippen LogP contribution in [0.15, 0.2) is 0 Å². The van der Waals surface area contributed by atoms with E-state index in [0.717, 1.165) is 223 Å². The van der Waals surface area contributed by atoms with Crippen LogP contribution in [0.5, 0.6) is 0 Å². The third kappa shape index (κ3) is 17.2. The summed E-state index contributed by atoms with van der Waals surface area (Å²) in [5.74, 6) is 28.9. The van der Waals surface area contributed by atoms with E-state index >= 15 is 0 Å². The molecule has 0 unspecified atom stereocenters. The van der Waals surface area contributed by atoms with Gasteiger partial charge in [-0.05, 0) is 581 Å². The number of ether oxygens (including phenoxy) is 3. The highest BCUT2D eigenvalue weighted by Crippen LogP contribution is 2.77. The topological polar surface area (TPSA) is 149 Å². The van der Waals surface area contributed by atoms with Crippen LogP contribution in [-0.2, 0) is 14.2 Å². The van der Waals surface area contributed by atoms with Gasteiger partial charge in [-0.3, -0.25) is 0 Å². The summed E-state index contributed by atoms with van der Waals surface area (Å²) in [5, 5.41) is 62.8. The SMILES string of the molecule is CC[C@H]1C[C@@]2(C)[C@@H](CC[C@@H]3[C@@H]2CC[C@]2(C)[C@@H](C)CC[C@@H]32)C[C@@H]1O.CO[C@@H]1C[C@@]2(C)[C@@H](CC[C@@H]3[C@@H]2CC[C@]2(C)[C@@H](C)CC[C@@H]32)C[C@@H]1O.CO[C@H]1C[C@@]2(C)[C@@H](CC[C@@H]3[C@@H]2CC[C@]2(C)[C@@H](C)CC[C@@H]32)C[C@@H]1O.C[C@@H]1C[C@@]2(C)[C@@H](CC[C@@H]3[C@@H]2CC[C@]2(C)[C@@H](C)CC[C@@H]32)C[C@@H]1O.C[C@H]1CC[C@H]2[C@@H]3CC[C@H]4C[C@H](O)[C@@H](OC5CC5)C[C@]4(C)[C@H]3CC[C@]12C.C[C@H]1C[C@@]2(C)[C@@H](CC[C@@H]3[C@@H]2CC[C@]2(C)[C@@H](C)CC[C@@H]32)C[C@@H]1O. The molecule has 25 saturated carbocycles. The molecule has 0 spiro atoms. The maximum absolute atomic E-state index is 10.7. The molecule has 0 bridgehead atoms. The van der Waals surface area contributed by atoms with E-state index in [1.54, 1.807) is 14.2 Å². The molecule has 0 aromatic carbocycles. The van der Waals surface area contributed by atoms with Crippen molar-refractivity contribution in [3.8, 4) is 0 Å². The van der Waals surface area contributed by atoms with Gasteiger partial charge in [-0.1, -0.05) is 152 Å². The van der Waals surface area contributed by atoms with Gasteiger partial charge in [0.05, 0.1) is 61.0 Å². The van der Waals surface area contributed by atoms with E-state index in [1.807, 2.05) is 0 Å². The Morgan fingerprint density at radius 3 is 0.645 bits per heavy atom. The van der Waals surface area contributed by atoms with Crippen LogP contribution in [0.3, 0.4) is 0 Å². The first-order chi connectivity index (χ1) is 65.3. The third-order valence-corrected chi connectivity index (χ3v) is 57.7. The molecule has 25 rings (SSSR count). The number of hydrogen-bond acceptors (Lipinski definition) is 9. The standard InChI is InChI=1S/C23H38O2.C22H38O.2C21H36O2.2C21H36O/c1-14-4-9-18-17-8-5-15-12-20(24)21(25-16-6-7-16)13-23(15,3)19(17)10-11-22(14,18)2;1-5-15-13-22(4)16(12-20(15)23)7-8-17-18-9-6-14(2)21(18,3)11-10-19(17)22;2*1-13-5-8-16-15-7-6-14-11-18(22)19(23-4)12-21(14,3)17(15)9-10-20(13,16)2;2*1-13-12-21(4)15(11-19(13)22)6-7-16-17-8-5-14(2)20(17,3)10-9-18(16)21/h14-21,24H,4-13H2,1-3H3;14-20,23H,5-13H2,1-4H3;2*13-19,22H,5-12H2,1-4H3;2*13-19,22H,5-12H2,1-4H3/t14-,15-,17-,18-,19-,20-,21-,22+,23-;14-,15-,16-,17-,18-,19-,20-,21+,22-;13-,14-,15-,16-,17-,18-,19+,20+,21-;13-,14-,15-,16-,17-,18-,19-,20+,21-;13-,14+,15+,16+,17+,18+,19+,20-,21+;13-,14-,15-,16-,17-,18-,19-,20+,21-/m000010/s1. The largest absolute Gasteiger partial charge is 0.393 e. The van der Waals surface area contributed by atoms with Gasteiger partial charge in [0.15, 0.2) is 0 Å². The van der Waals surface area contributed by atoms with Crippen molar-refractivity contribution in [3.05, 3.63) is 0 Å². The number of rotatable bonds is 5. The fourth-order valence-electron chi connectivity index (χ4n) is 47.4. The molecule has 25 aliphatic carbocycles. The van der Waals surface area contributed by atoms with Gasteiger partial charge in [-0.15, -0.1) is 0 Å². The average Bonchev–Trinajstić information content (AvgIpc) is 1.52. The van der Waals surface area contributed by atoms with Crippen molar-refractivity contribution in [2.75, 3.05) is 14.2 Å². The Morgan fingerprint density at radius 2 is 0.413 bits per heavy atom. The molecule has 0 saturated heterocycles. The van der Waals surface area contributed by atoms with Crippen molar-refractivity contribution in [1.82, 2.24) is 0 Å². The van der Waals surface area contributed by atoms with Gasteiger partial charge in [0, 0.05) is 14.2 Å². The van der Waals surface area contributed by atoms with Crippen LogP contribution in [0.2, 0.25) is 0 Å². The molecule has 0 heterocycles. The molecule has 6 N–H and O–H groups in total. The molecule has 0 aliphatic heterocycles. The number of aliphatic hydroxyl groups excluding tert-OH is 6. The summed E-state index contributed by atoms with van der Waals surface area (Å²) in [6, 6.07) is 0. The number of methoxy groups -OCH3 is 2. The first kappa shape index (κ1) is 105. The molecule has 9 nitrogen and oxygen atoms in total. The van der Waals surface area contributed by atoms with Crippen molar-refractivity contribution in [2.45, 2.75) is 534 Å². The second-order valence-corrected chi connectivity index (χ2v) is 61.7. The van der Waals surface area contributed by atoms with Crippen LogP contribution >= 0.6 is 0 Å².